The average molecular weight is 267 g/mol. The van der Waals surface area contributed by atoms with Crippen LogP contribution in [0.15, 0.2) is 0 Å². The molecule has 1 rings (SSSR count). The van der Waals surface area contributed by atoms with E-state index >= 15 is 0 Å². The van der Waals surface area contributed by atoms with Gasteiger partial charge in [-0.1, -0.05) is 79.1 Å². The van der Waals surface area contributed by atoms with Crippen molar-refractivity contribution < 1.29 is 0 Å². The van der Waals surface area contributed by atoms with Crippen molar-refractivity contribution in [2.45, 2.75) is 105 Å². The fourth-order valence-corrected chi connectivity index (χ4v) is 4.01. The van der Waals surface area contributed by atoms with Crippen LogP contribution in [0.25, 0.3) is 0 Å². The van der Waals surface area contributed by atoms with E-state index in [1.54, 1.807) is 0 Å². The lowest BCUT2D eigenvalue weighted by Crippen LogP contribution is -2.27. The molecular formula is C19H38. The first-order valence-corrected chi connectivity index (χ1v) is 9.12. The van der Waals surface area contributed by atoms with E-state index in [1.165, 1.54) is 77.0 Å². The maximum absolute atomic E-state index is 2.42. The zero-order chi connectivity index (χ0) is 14.1. The molecule has 0 radical (unpaired) electrons. The predicted octanol–water partition coefficient (Wildman–Crippen LogP) is 6.98. The predicted molar refractivity (Wildman–Crippen MR) is 87.5 cm³/mol. The highest BCUT2D eigenvalue weighted by Crippen LogP contribution is 2.46. The minimum atomic E-state index is 0.733. The van der Waals surface area contributed by atoms with Gasteiger partial charge in [0.1, 0.15) is 0 Å². The third-order valence-electron chi connectivity index (χ3n) is 5.43. The lowest BCUT2D eigenvalue weighted by Gasteiger charge is -2.40. The van der Waals surface area contributed by atoms with Gasteiger partial charge in [-0.2, -0.15) is 0 Å². The molecule has 1 saturated carbocycles. The second-order valence-electron chi connectivity index (χ2n) is 7.61. The summed E-state index contributed by atoms with van der Waals surface area (Å²) >= 11 is 0. The Balaban J connectivity index is 2.55. The minimum absolute atomic E-state index is 0.733. The molecule has 0 heteroatoms. The SMILES string of the molecule is CCCCC(CC)CC1(CCC(C)C)CCCCC1. The topological polar surface area (TPSA) is 0 Å². The molecule has 1 aliphatic carbocycles. The highest BCUT2D eigenvalue weighted by molar-refractivity contribution is 4.85. The number of unbranched alkanes of at least 4 members (excludes halogenated alkanes) is 1. The van der Waals surface area contributed by atoms with Crippen LogP contribution in [0.1, 0.15) is 105 Å². The largest absolute Gasteiger partial charge is 0.0654 e. The molecule has 1 fully saturated rings. The maximum Gasteiger partial charge on any atom is -0.0295 e. The summed E-state index contributed by atoms with van der Waals surface area (Å²) in [5.41, 5.74) is 0.733. The number of hydrogen-bond donors (Lipinski definition) is 0. The van der Waals surface area contributed by atoms with Crippen LogP contribution in [-0.2, 0) is 0 Å². The smallest absolute Gasteiger partial charge is 0.0295 e. The standard InChI is InChI=1S/C19H38/c1-5-7-11-18(6-2)16-19(15-12-17(3)4)13-9-8-10-14-19/h17-18H,5-16H2,1-4H3. The first-order valence-electron chi connectivity index (χ1n) is 9.12. The van der Waals surface area contributed by atoms with Gasteiger partial charge in [-0.15, -0.1) is 0 Å². The minimum Gasteiger partial charge on any atom is -0.0654 e. The second kappa shape index (κ2) is 9.03. The summed E-state index contributed by atoms with van der Waals surface area (Å²) in [6.45, 7) is 9.54. The van der Waals surface area contributed by atoms with Crippen LogP contribution in [0.5, 0.6) is 0 Å². The normalized spacial score (nSPS) is 20.7. The summed E-state index contributed by atoms with van der Waals surface area (Å²) in [6, 6.07) is 0. The van der Waals surface area contributed by atoms with Crippen molar-refractivity contribution in [2.24, 2.45) is 17.3 Å². The van der Waals surface area contributed by atoms with Gasteiger partial charge >= 0.3 is 0 Å². The average Bonchev–Trinajstić information content (AvgIpc) is 2.42. The van der Waals surface area contributed by atoms with Gasteiger partial charge in [-0.25, -0.2) is 0 Å². The summed E-state index contributed by atoms with van der Waals surface area (Å²) < 4.78 is 0. The van der Waals surface area contributed by atoms with Gasteiger partial charge in [0.2, 0.25) is 0 Å². The fraction of sp³-hybridized carbons (Fsp3) is 1.00. The van der Waals surface area contributed by atoms with Gasteiger partial charge in [0.15, 0.2) is 0 Å². The van der Waals surface area contributed by atoms with Crippen LogP contribution in [-0.4, -0.2) is 0 Å². The van der Waals surface area contributed by atoms with E-state index < -0.39 is 0 Å². The van der Waals surface area contributed by atoms with Crippen molar-refractivity contribution in [3.63, 3.8) is 0 Å². The van der Waals surface area contributed by atoms with Crippen molar-refractivity contribution in [3.05, 3.63) is 0 Å². The summed E-state index contributed by atoms with van der Waals surface area (Å²) in [5, 5.41) is 0. The van der Waals surface area contributed by atoms with E-state index in [1.807, 2.05) is 0 Å². The van der Waals surface area contributed by atoms with E-state index in [0.717, 1.165) is 17.3 Å². The second-order valence-corrected chi connectivity index (χ2v) is 7.61. The van der Waals surface area contributed by atoms with Gasteiger partial charge < -0.3 is 0 Å². The summed E-state index contributed by atoms with van der Waals surface area (Å²) in [7, 11) is 0. The van der Waals surface area contributed by atoms with E-state index in [0.29, 0.717) is 0 Å². The molecule has 0 spiro atoms. The van der Waals surface area contributed by atoms with Gasteiger partial charge in [0.05, 0.1) is 0 Å². The summed E-state index contributed by atoms with van der Waals surface area (Å²) in [6.07, 6.45) is 17.8. The Labute approximate surface area is 122 Å². The zero-order valence-electron chi connectivity index (χ0n) is 14.1. The molecule has 0 aromatic carbocycles. The highest BCUT2D eigenvalue weighted by Gasteiger charge is 2.33. The quantitative estimate of drug-likeness (QED) is 0.422. The first kappa shape index (κ1) is 17.1. The van der Waals surface area contributed by atoms with Crippen LogP contribution in [0.4, 0.5) is 0 Å². The van der Waals surface area contributed by atoms with Crippen LogP contribution in [0, 0.1) is 17.3 Å². The molecule has 0 aromatic heterocycles. The lowest BCUT2D eigenvalue weighted by atomic mass is 9.65. The number of hydrogen-bond acceptors (Lipinski definition) is 0. The molecule has 1 aliphatic rings. The molecule has 0 heterocycles. The Bertz CT molecular complexity index is 210. The van der Waals surface area contributed by atoms with E-state index in [-0.39, 0.29) is 0 Å². The molecule has 0 saturated heterocycles. The van der Waals surface area contributed by atoms with Gasteiger partial charge in [0.25, 0.3) is 0 Å². The molecular weight excluding hydrogens is 228 g/mol. The Morgan fingerprint density at radius 1 is 0.947 bits per heavy atom. The first-order chi connectivity index (χ1) is 9.12. The van der Waals surface area contributed by atoms with Crippen molar-refractivity contribution in [2.75, 3.05) is 0 Å². The van der Waals surface area contributed by atoms with Crippen molar-refractivity contribution in [1.82, 2.24) is 0 Å². The van der Waals surface area contributed by atoms with Gasteiger partial charge in [-0.05, 0) is 42.9 Å². The molecule has 1 atom stereocenters. The number of rotatable bonds is 9. The van der Waals surface area contributed by atoms with E-state index in [2.05, 4.69) is 27.7 Å². The highest BCUT2D eigenvalue weighted by atomic mass is 14.4. The summed E-state index contributed by atoms with van der Waals surface area (Å²) in [4.78, 5) is 0. The lowest BCUT2D eigenvalue weighted by molar-refractivity contribution is 0.114. The third kappa shape index (κ3) is 6.32. The fourth-order valence-electron chi connectivity index (χ4n) is 4.01. The molecule has 0 nitrogen and oxygen atoms in total. The summed E-state index contributed by atoms with van der Waals surface area (Å²) in [5.74, 6) is 1.89. The molecule has 1 unspecified atom stereocenters. The van der Waals surface area contributed by atoms with Gasteiger partial charge in [0, 0.05) is 0 Å². The molecule has 0 amide bonds. The van der Waals surface area contributed by atoms with Crippen LogP contribution < -0.4 is 0 Å². The Morgan fingerprint density at radius 2 is 1.63 bits per heavy atom. The molecule has 0 bridgehead atoms. The molecule has 0 aliphatic heterocycles. The maximum atomic E-state index is 2.42. The van der Waals surface area contributed by atoms with Crippen LogP contribution in [0.2, 0.25) is 0 Å². The van der Waals surface area contributed by atoms with Crippen LogP contribution >= 0.6 is 0 Å². The Kier molecular flexibility index (Phi) is 8.11. The van der Waals surface area contributed by atoms with Crippen molar-refractivity contribution in [1.29, 1.82) is 0 Å². The molecule has 114 valence electrons. The Morgan fingerprint density at radius 3 is 2.16 bits per heavy atom. The van der Waals surface area contributed by atoms with Crippen molar-refractivity contribution in [3.8, 4) is 0 Å². The Hall–Kier alpha value is 0. The van der Waals surface area contributed by atoms with Crippen molar-refractivity contribution >= 4 is 0 Å². The molecule has 19 heavy (non-hydrogen) atoms. The third-order valence-corrected chi connectivity index (χ3v) is 5.43. The molecule has 0 N–H and O–H groups in total. The van der Waals surface area contributed by atoms with E-state index in [4.69, 9.17) is 0 Å². The van der Waals surface area contributed by atoms with Gasteiger partial charge in [-0.3, -0.25) is 0 Å². The zero-order valence-corrected chi connectivity index (χ0v) is 14.1. The monoisotopic (exact) mass is 266 g/mol. The van der Waals surface area contributed by atoms with E-state index in [9.17, 15) is 0 Å². The molecule has 0 aromatic rings. The van der Waals surface area contributed by atoms with Crippen LogP contribution in [0.3, 0.4) is 0 Å².